The van der Waals surface area contributed by atoms with Crippen molar-refractivity contribution in [2.24, 2.45) is 5.92 Å². The number of carbonyl (C=O) groups excluding carboxylic acids is 2. The van der Waals surface area contributed by atoms with Gasteiger partial charge in [-0.1, -0.05) is 57.2 Å². The molecule has 2 aromatic carbocycles. The van der Waals surface area contributed by atoms with Crippen LogP contribution < -0.4 is 9.62 Å². The summed E-state index contributed by atoms with van der Waals surface area (Å²) in [6, 6.07) is 15.0. The molecule has 8 heteroatoms. The number of carbonyl (C=O) groups is 2. The second-order valence-corrected chi connectivity index (χ2v) is 12.1. The molecule has 0 aliphatic rings. The minimum absolute atomic E-state index is 0.142. The molecule has 1 atom stereocenters. The van der Waals surface area contributed by atoms with E-state index in [-0.39, 0.29) is 24.8 Å². The van der Waals surface area contributed by atoms with E-state index in [1.807, 2.05) is 83.1 Å². The van der Waals surface area contributed by atoms with E-state index in [4.69, 9.17) is 0 Å². The normalized spacial score (nSPS) is 12.3. The molecule has 0 saturated carbocycles. The third-order valence-electron chi connectivity index (χ3n) is 6.20. The zero-order valence-electron chi connectivity index (χ0n) is 23.2. The number of hydrogen-bond donors (Lipinski definition) is 1. The number of amides is 2. The molecule has 37 heavy (non-hydrogen) atoms. The average molecular weight is 530 g/mol. The Bertz CT molecular complexity index is 1110. The van der Waals surface area contributed by atoms with Gasteiger partial charge in [-0.15, -0.1) is 0 Å². The molecule has 0 spiro atoms. The van der Waals surface area contributed by atoms with Gasteiger partial charge in [-0.05, 0) is 67.9 Å². The summed E-state index contributed by atoms with van der Waals surface area (Å²) >= 11 is 0. The van der Waals surface area contributed by atoms with Crippen molar-refractivity contribution >= 4 is 27.5 Å². The maximum Gasteiger partial charge on any atom is 0.242 e. The van der Waals surface area contributed by atoms with Crippen molar-refractivity contribution in [2.75, 3.05) is 30.2 Å². The van der Waals surface area contributed by atoms with E-state index < -0.39 is 16.1 Å². The van der Waals surface area contributed by atoms with Crippen LogP contribution in [0.1, 0.15) is 56.7 Å². The lowest BCUT2D eigenvalue weighted by atomic mass is 10.1. The largest absolute Gasteiger partial charge is 0.354 e. The summed E-state index contributed by atoms with van der Waals surface area (Å²) in [7, 11) is -3.52. The van der Waals surface area contributed by atoms with Gasteiger partial charge in [0.05, 0.1) is 11.9 Å². The summed E-state index contributed by atoms with van der Waals surface area (Å²) in [6.07, 6.45) is 2.83. The Balaban J connectivity index is 2.17. The standard InChI is InChI=1S/C29H43N3O4S/c1-7-27(29(34)30-21-22(2)3)31(17-15-25-12-9-8-10-13-25)28(33)14-11-16-32(37(6,35)36)26-19-23(4)18-24(5)20-26/h8-10,12-13,18-20,22,27H,7,11,14-17,21H2,1-6H3,(H,30,34)/t27-/m0/s1. The zero-order valence-corrected chi connectivity index (χ0v) is 24.0. The highest BCUT2D eigenvalue weighted by atomic mass is 32.2. The number of aryl methyl sites for hydroxylation is 2. The number of sulfonamides is 1. The molecule has 0 aliphatic carbocycles. The Hall–Kier alpha value is -2.87. The van der Waals surface area contributed by atoms with Gasteiger partial charge in [0.25, 0.3) is 0 Å². The molecule has 0 saturated heterocycles. The van der Waals surface area contributed by atoms with Crippen LogP contribution in [0.4, 0.5) is 5.69 Å². The number of rotatable bonds is 14. The maximum atomic E-state index is 13.5. The highest BCUT2D eigenvalue weighted by molar-refractivity contribution is 7.92. The van der Waals surface area contributed by atoms with Crippen molar-refractivity contribution in [1.29, 1.82) is 0 Å². The second kappa shape index (κ2) is 14.2. The van der Waals surface area contributed by atoms with Gasteiger partial charge in [-0.25, -0.2) is 8.42 Å². The highest BCUT2D eigenvalue weighted by Gasteiger charge is 2.28. The summed E-state index contributed by atoms with van der Waals surface area (Å²) < 4.78 is 26.5. The molecule has 2 amide bonds. The van der Waals surface area contributed by atoms with Crippen LogP contribution >= 0.6 is 0 Å². The first-order valence-corrected chi connectivity index (χ1v) is 14.9. The van der Waals surface area contributed by atoms with E-state index in [0.29, 0.717) is 44.0 Å². The van der Waals surface area contributed by atoms with Crippen molar-refractivity contribution in [2.45, 2.75) is 66.3 Å². The van der Waals surface area contributed by atoms with Gasteiger partial charge in [0.2, 0.25) is 21.8 Å². The van der Waals surface area contributed by atoms with Crippen molar-refractivity contribution in [1.82, 2.24) is 10.2 Å². The summed E-state index contributed by atoms with van der Waals surface area (Å²) in [5.41, 5.74) is 3.65. The first kappa shape index (κ1) is 30.4. The molecular weight excluding hydrogens is 486 g/mol. The lowest BCUT2D eigenvalue weighted by Crippen LogP contribution is -2.50. The van der Waals surface area contributed by atoms with Gasteiger partial charge in [-0.3, -0.25) is 13.9 Å². The maximum absolute atomic E-state index is 13.5. The Morgan fingerprint density at radius 1 is 0.973 bits per heavy atom. The van der Waals surface area contributed by atoms with E-state index in [1.54, 1.807) is 4.90 Å². The lowest BCUT2D eigenvalue weighted by Gasteiger charge is -2.31. The van der Waals surface area contributed by atoms with Crippen molar-refractivity contribution < 1.29 is 18.0 Å². The van der Waals surface area contributed by atoms with E-state index >= 15 is 0 Å². The molecule has 0 aromatic heterocycles. The molecule has 204 valence electrons. The monoisotopic (exact) mass is 529 g/mol. The van der Waals surface area contributed by atoms with Gasteiger partial charge < -0.3 is 10.2 Å². The smallest absolute Gasteiger partial charge is 0.242 e. The SMILES string of the molecule is CC[C@@H](C(=O)NCC(C)C)N(CCc1ccccc1)C(=O)CCCN(c1cc(C)cc(C)c1)S(C)(=O)=O. The first-order chi connectivity index (χ1) is 17.4. The van der Waals surface area contributed by atoms with Crippen LogP contribution in [-0.4, -0.2) is 57.1 Å². The van der Waals surface area contributed by atoms with Gasteiger partial charge in [0, 0.05) is 26.1 Å². The average Bonchev–Trinajstić information content (AvgIpc) is 2.82. The Morgan fingerprint density at radius 3 is 2.14 bits per heavy atom. The highest BCUT2D eigenvalue weighted by Crippen LogP contribution is 2.22. The van der Waals surface area contributed by atoms with Crippen LogP contribution in [0.25, 0.3) is 0 Å². The number of nitrogens with zero attached hydrogens (tertiary/aromatic N) is 2. The molecule has 0 unspecified atom stereocenters. The van der Waals surface area contributed by atoms with E-state index in [2.05, 4.69) is 5.32 Å². The van der Waals surface area contributed by atoms with E-state index in [0.717, 1.165) is 16.7 Å². The summed E-state index contributed by atoms with van der Waals surface area (Å²) in [4.78, 5) is 28.1. The molecule has 0 aliphatic heterocycles. The van der Waals surface area contributed by atoms with Crippen molar-refractivity contribution in [3.05, 3.63) is 65.2 Å². The zero-order chi connectivity index (χ0) is 27.6. The number of hydrogen-bond acceptors (Lipinski definition) is 4. The van der Waals surface area contributed by atoms with E-state index in [9.17, 15) is 18.0 Å². The van der Waals surface area contributed by atoms with Crippen LogP contribution in [0.5, 0.6) is 0 Å². The molecule has 0 heterocycles. The number of benzene rings is 2. The van der Waals surface area contributed by atoms with Crippen LogP contribution in [0.2, 0.25) is 0 Å². The third kappa shape index (κ3) is 9.84. The molecule has 2 aromatic rings. The predicted molar refractivity (Wildman–Crippen MR) is 151 cm³/mol. The van der Waals surface area contributed by atoms with Crippen LogP contribution in [0.3, 0.4) is 0 Å². The summed E-state index contributed by atoms with van der Waals surface area (Å²) in [6.45, 7) is 11.0. The molecular formula is C29H43N3O4S. The fraction of sp³-hybridized carbons (Fsp3) is 0.517. The van der Waals surface area contributed by atoms with Crippen molar-refractivity contribution in [3.63, 3.8) is 0 Å². The first-order valence-electron chi connectivity index (χ1n) is 13.1. The molecule has 7 nitrogen and oxygen atoms in total. The molecule has 2 rings (SSSR count). The van der Waals surface area contributed by atoms with Gasteiger partial charge in [0.1, 0.15) is 6.04 Å². The van der Waals surface area contributed by atoms with Gasteiger partial charge in [-0.2, -0.15) is 0 Å². The Kier molecular flexibility index (Phi) is 11.6. The number of anilines is 1. The molecule has 0 radical (unpaired) electrons. The fourth-order valence-corrected chi connectivity index (χ4v) is 5.37. The van der Waals surface area contributed by atoms with E-state index in [1.165, 1.54) is 10.6 Å². The molecule has 1 N–H and O–H groups in total. The number of nitrogens with one attached hydrogen (secondary N) is 1. The van der Waals surface area contributed by atoms with Crippen LogP contribution in [0.15, 0.2) is 48.5 Å². The quantitative estimate of drug-likeness (QED) is 0.391. The Morgan fingerprint density at radius 2 is 1.59 bits per heavy atom. The summed E-state index contributed by atoms with van der Waals surface area (Å²) in [5, 5.41) is 2.97. The minimum Gasteiger partial charge on any atom is -0.354 e. The minimum atomic E-state index is -3.52. The lowest BCUT2D eigenvalue weighted by molar-refractivity contribution is -0.140. The molecule has 0 fully saturated rings. The predicted octanol–water partition coefficient (Wildman–Crippen LogP) is 4.47. The second-order valence-electron chi connectivity index (χ2n) is 10.2. The van der Waals surface area contributed by atoms with Crippen LogP contribution in [-0.2, 0) is 26.0 Å². The summed E-state index contributed by atoms with van der Waals surface area (Å²) in [5.74, 6) is 0.0177. The van der Waals surface area contributed by atoms with Gasteiger partial charge >= 0.3 is 0 Å². The van der Waals surface area contributed by atoms with Crippen molar-refractivity contribution in [3.8, 4) is 0 Å². The molecule has 0 bridgehead atoms. The van der Waals surface area contributed by atoms with Crippen LogP contribution in [0, 0.1) is 19.8 Å². The van der Waals surface area contributed by atoms with Gasteiger partial charge in [0.15, 0.2) is 0 Å². The third-order valence-corrected chi connectivity index (χ3v) is 7.40. The Labute approximate surface area is 223 Å². The topological polar surface area (TPSA) is 86.8 Å². The fourth-order valence-electron chi connectivity index (χ4n) is 4.42.